The van der Waals surface area contributed by atoms with E-state index in [-0.39, 0.29) is 16.2 Å². The Bertz CT molecular complexity index is 942. The number of aromatic hydroxyl groups is 1. The summed E-state index contributed by atoms with van der Waals surface area (Å²) in [6.45, 7) is 1.59. The number of benzene rings is 2. The zero-order valence-corrected chi connectivity index (χ0v) is 15.0. The summed E-state index contributed by atoms with van der Waals surface area (Å²) in [4.78, 5) is 12.1. The van der Waals surface area contributed by atoms with Crippen LogP contribution in [0.5, 0.6) is 5.75 Å². The van der Waals surface area contributed by atoms with E-state index in [0.29, 0.717) is 16.3 Å². The number of rotatable bonds is 5. The third-order valence-electron chi connectivity index (χ3n) is 3.35. The van der Waals surface area contributed by atoms with Crippen molar-refractivity contribution in [2.24, 2.45) is 5.10 Å². The van der Waals surface area contributed by atoms with Gasteiger partial charge in [-0.25, -0.2) is 18.6 Å². The molecule has 25 heavy (non-hydrogen) atoms. The zero-order chi connectivity index (χ0) is 18.6. The molecule has 0 radical (unpaired) electrons. The maximum absolute atomic E-state index is 12.2. The van der Waals surface area contributed by atoms with Crippen LogP contribution in [0.2, 0.25) is 5.02 Å². The fourth-order valence-electron chi connectivity index (χ4n) is 1.98. The highest BCUT2D eigenvalue weighted by molar-refractivity contribution is 7.89. The summed E-state index contributed by atoms with van der Waals surface area (Å²) < 4.78 is 25.8. The molecule has 0 saturated heterocycles. The first-order valence-corrected chi connectivity index (χ1v) is 8.98. The Balaban J connectivity index is 2.23. The van der Waals surface area contributed by atoms with Gasteiger partial charge < -0.3 is 5.11 Å². The third-order valence-corrected chi connectivity index (χ3v) is 5.00. The van der Waals surface area contributed by atoms with Gasteiger partial charge in [-0.2, -0.15) is 5.10 Å². The van der Waals surface area contributed by atoms with E-state index in [1.54, 1.807) is 6.92 Å². The van der Waals surface area contributed by atoms with Crippen molar-refractivity contribution in [1.29, 1.82) is 0 Å². The molecule has 1 amide bonds. The fraction of sp³-hybridized carbons (Fsp3) is 0.125. The van der Waals surface area contributed by atoms with Crippen molar-refractivity contribution in [2.45, 2.75) is 11.8 Å². The number of carbonyl (C=O) groups is 1. The smallest absolute Gasteiger partial charge is 0.271 e. The maximum atomic E-state index is 12.2. The van der Waals surface area contributed by atoms with Crippen LogP contribution >= 0.6 is 11.6 Å². The Labute approximate surface area is 150 Å². The number of amides is 1. The quantitative estimate of drug-likeness (QED) is 0.544. The van der Waals surface area contributed by atoms with Crippen molar-refractivity contribution in [2.75, 3.05) is 7.05 Å². The molecule has 0 fully saturated rings. The van der Waals surface area contributed by atoms with Gasteiger partial charge in [0.25, 0.3) is 5.91 Å². The monoisotopic (exact) mass is 381 g/mol. The van der Waals surface area contributed by atoms with E-state index in [1.165, 1.54) is 49.5 Å². The minimum Gasteiger partial charge on any atom is -0.507 e. The van der Waals surface area contributed by atoms with Crippen LogP contribution in [0.1, 0.15) is 22.8 Å². The normalized spacial score (nSPS) is 12.0. The molecule has 2 rings (SSSR count). The van der Waals surface area contributed by atoms with Crippen molar-refractivity contribution in [1.82, 2.24) is 10.1 Å². The largest absolute Gasteiger partial charge is 0.507 e. The van der Waals surface area contributed by atoms with E-state index in [4.69, 9.17) is 11.6 Å². The number of sulfonamides is 1. The molecule has 0 atom stereocenters. The molecule has 0 aliphatic carbocycles. The summed E-state index contributed by atoms with van der Waals surface area (Å²) in [5.41, 5.74) is 3.16. The summed E-state index contributed by atoms with van der Waals surface area (Å²) in [5, 5.41) is 14.1. The maximum Gasteiger partial charge on any atom is 0.271 e. The Morgan fingerprint density at radius 2 is 1.92 bits per heavy atom. The number of hydrazone groups is 1. The van der Waals surface area contributed by atoms with Gasteiger partial charge in [0.05, 0.1) is 10.6 Å². The number of phenols is 1. The highest BCUT2D eigenvalue weighted by Crippen LogP contribution is 2.22. The van der Waals surface area contributed by atoms with Crippen LogP contribution in [0.4, 0.5) is 0 Å². The van der Waals surface area contributed by atoms with Gasteiger partial charge in [-0.1, -0.05) is 17.7 Å². The van der Waals surface area contributed by atoms with Gasteiger partial charge in [0.1, 0.15) is 5.75 Å². The molecule has 0 heterocycles. The lowest BCUT2D eigenvalue weighted by molar-refractivity contribution is 0.0954. The average molecular weight is 382 g/mol. The van der Waals surface area contributed by atoms with E-state index >= 15 is 0 Å². The van der Waals surface area contributed by atoms with Crippen LogP contribution < -0.4 is 10.1 Å². The molecule has 0 unspecified atom stereocenters. The topological polar surface area (TPSA) is 108 Å². The van der Waals surface area contributed by atoms with Crippen LogP contribution in [0, 0.1) is 0 Å². The van der Waals surface area contributed by atoms with Gasteiger partial charge in [0, 0.05) is 16.1 Å². The van der Waals surface area contributed by atoms with E-state index in [0.717, 1.165) is 0 Å². The van der Waals surface area contributed by atoms with Crippen LogP contribution in [0.25, 0.3) is 0 Å². The number of hydrogen-bond acceptors (Lipinski definition) is 5. The number of nitrogens with one attached hydrogen (secondary N) is 2. The minimum absolute atomic E-state index is 0.0259. The molecule has 132 valence electrons. The van der Waals surface area contributed by atoms with Gasteiger partial charge in [-0.15, -0.1) is 0 Å². The standard InChI is InChI=1S/C16H16ClN3O4S/c1-10(14-9-12(17)6-7-15(14)21)19-20-16(22)11-4-3-5-13(8-11)25(23,24)18-2/h3-9,18,21H,1-2H3,(H,20,22)/b19-10+. The molecule has 0 aliphatic heterocycles. The highest BCUT2D eigenvalue weighted by Gasteiger charge is 2.14. The Morgan fingerprint density at radius 3 is 2.60 bits per heavy atom. The van der Waals surface area contributed by atoms with Crippen LogP contribution in [-0.2, 0) is 10.0 Å². The van der Waals surface area contributed by atoms with Crippen LogP contribution in [-0.4, -0.2) is 32.2 Å². The van der Waals surface area contributed by atoms with Crippen molar-refractivity contribution < 1.29 is 18.3 Å². The average Bonchev–Trinajstić information content (AvgIpc) is 2.61. The number of nitrogens with zero attached hydrogens (tertiary/aromatic N) is 1. The van der Waals surface area contributed by atoms with Gasteiger partial charge in [0.2, 0.25) is 10.0 Å². The molecule has 0 spiro atoms. The number of halogens is 1. The fourth-order valence-corrected chi connectivity index (χ4v) is 2.93. The summed E-state index contributed by atoms with van der Waals surface area (Å²) in [6.07, 6.45) is 0. The Kier molecular flexibility index (Phi) is 5.78. The van der Waals surface area contributed by atoms with Crippen molar-refractivity contribution in [3.05, 3.63) is 58.6 Å². The van der Waals surface area contributed by atoms with Gasteiger partial charge >= 0.3 is 0 Å². The third kappa shape index (κ3) is 4.56. The Hall–Kier alpha value is -2.42. The molecule has 9 heteroatoms. The Morgan fingerprint density at radius 1 is 1.20 bits per heavy atom. The predicted molar refractivity (Wildman–Crippen MR) is 95.5 cm³/mol. The van der Waals surface area contributed by atoms with E-state index in [2.05, 4.69) is 15.2 Å². The molecule has 0 bridgehead atoms. The van der Waals surface area contributed by atoms with Crippen molar-refractivity contribution >= 4 is 33.2 Å². The molecule has 2 aromatic carbocycles. The van der Waals surface area contributed by atoms with E-state index in [1.807, 2.05) is 0 Å². The lowest BCUT2D eigenvalue weighted by Crippen LogP contribution is -2.22. The van der Waals surface area contributed by atoms with Crippen molar-refractivity contribution in [3.8, 4) is 5.75 Å². The summed E-state index contributed by atoms with van der Waals surface area (Å²) >= 11 is 5.88. The van der Waals surface area contributed by atoms with Gasteiger partial charge in [-0.3, -0.25) is 4.79 Å². The molecule has 0 saturated carbocycles. The molecular formula is C16H16ClN3O4S. The van der Waals surface area contributed by atoms with Gasteiger partial charge in [0.15, 0.2) is 0 Å². The van der Waals surface area contributed by atoms with Crippen molar-refractivity contribution in [3.63, 3.8) is 0 Å². The number of hydrogen-bond donors (Lipinski definition) is 3. The first-order valence-electron chi connectivity index (χ1n) is 7.11. The second kappa shape index (κ2) is 7.64. The SMILES string of the molecule is CNS(=O)(=O)c1cccc(C(=O)N/N=C(\C)c2cc(Cl)ccc2O)c1. The summed E-state index contributed by atoms with van der Waals surface area (Å²) in [5.74, 6) is -0.615. The molecule has 3 N–H and O–H groups in total. The lowest BCUT2D eigenvalue weighted by atomic mass is 10.1. The molecule has 0 aliphatic rings. The molecular weight excluding hydrogens is 366 g/mol. The van der Waals surface area contributed by atoms with E-state index in [9.17, 15) is 18.3 Å². The zero-order valence-electron chi connectivity index (χ0n) is 13.4. The number of phenolic OH excluding ortho intramolecular Hbond substituents is 1. The molecule has 0 aromatic heterocycles. The van der Waals surface area contributed by atoms with Crippen LogP contribution in [0.3, 0.4) is 0 Å². The number of carbonyl (C=O) groups excluding carboxylic acids is 1. The van der Waals surface area contributed by atoms with Gasteiger partial charge in [-0.05, 0) is 50.4 Å². The first-order chi connectivity index (χ1) is 11.7. The minimum atomic E-state index is -3.65. The molecule has 7 nitrogen and oxygen atoms in total. The first kappa shape index (κ1) is 18.9. The summed E-state index contributed by atoms with van der Waals surface area (Å²) in [7, 11) is -2.37. The van der Waals surface area contributed by atoms with E-state index < -0.39 is 15.9 Å². The summed E-state index contributed by atoms with van der Waals surface area (Å²) in [6, 6.07) is 10.0. The second-order valence-corrected chi connectivity index (χ2v) is 7.36. The van der Waals surface area contributed by atoms with Crippen LogP contribution in [0.15, 0.2) is 52.5 Å². The predicted octanol–water partition coefficient (Wildman–Crippen LogP) is 2.11. The second-order valence-electron chi connectivity index (χ2n) is 5.04. The molecule has 2 aromatic rings. The lowest BCUT2D eigenvalue weighted by Gasteiger charge is -2.07. The highest BCUT2D eigenvalue weighted by atomic mass is 35.5.